The van der Waals surface area contributed by atoms with Crippen LogP contribution in [0.15, 0.2) is 47.4 Å². The largest absolute Gasteiger partial charge is 0.308 e. The van der Waals surface area contributed by atoms with Gasteiger partial charge in [-0.2, -0.15) is 0 Å². The normalized spacial score (nSPS) is 11.3. The van der Waals surface area contributed by atoms with Crippen LogP contribution in [-0.4, -0.2) is 48.7 Å². The molecule has 2 aromatic carbocycles. The first-order valence-electron chi connectivity index (χ1n) is 9.32. The lowest BCUT2D eigenvalue weighted by Gasteiger charge is -2.22. The van der Waals surface area contributed by atoms with Gasteiger partial charge < -0.3 is 4.90 Å². The topological polar surface area (TPSA) is 36.4 Å². The van der Waals surface area contributed by atoms with Crippen LogP contribution in [0.5, 0.6) is 0 Å². The van der Waals surface area contributed by atoms with Gasteiger partial charge in [-0.1, -0.05) is 34.5 Å². The van der Waals surface area contributed by atoms with Gasteiger partial charge >= 0.3 is 0 Å². The first-order valence-corrected chi connectivity index (χ1v) is 11.9. The maximum Gasteiger partial charge on any atom is 0.228 e. The summed E-state index contributed by atoms with van der Waals surface area (Å²) in [6, 6.07) is 13.4. The highest BCUT2D eigenvalue weighted by atomic mass is 35.5. The molecule has 0 saturated heterocycles. The Morgan fingerprint density at radius 1 is 1.07 bits per heavy atom. The fraction of sp³-hybridized carbons (Fsp3) is 0.333. The van der Waals surface area contributed by atoms with E-state index in [1.54, 1.807) is 11.8 Å². The predicted molar refractivity (Wildman–Crippen MR) is 127 cm³/mol. The minimum absolute atomic E-state index is 0.105. The summed E-state index contributed by atoms with van der Waals surface area (Å²) in [6.07, 6.45) is 1.30. The molecule has 1 aromatic heterocycles. The molecule has 0 spiro atoms. The van der Waals surface area contributed by atoms with Crippen molar-refractivity contribution in [3.8, 4) is 0 Å². The van der Waals surface area contributed by atoms with E-state index in [0.717, 1.165) is 44.0 Å². The molecular weight excluding hydrogens is 445 g/mol. The second-order valence-corrected chi connectivity index (χ2v) is 9.91. The van der Waals surface area contributed by atoms with E-state index in [2.05, 4.69) is 9.88 Å². The Labute approximate surface area is 189 Å². The Balaban J connectivity index is 1.63. The van der Waals surface area contributed by atoms with Crippen molar-refractivity contribution in [2.75, 3.05) is 37.8 Å². The van der Waals surface area contributed by atoms with Crippen LogP contribution < -0.4 is 4.90 Å². The number of aromatic nitrogens is 1. The van der Waals surface area contributed by atoms with E-state index in [1.807, 2.05) is 61.5 Å². The van der Waals surface area contributed by atoms with E-state index in [-0.39, 0.29) is 5.91 Å². The first-order chi connectivity index (χ1) is 13.9. The molecule has 3 rings (SSSR count). The van der Waals surface area contributed by atoms with Gasteiger partial charge in [-0.25, -0.2) is 4.98 Å². The maximum absolute atomic E-state index is 13.0. The van der Waals surface area contributed by atoms with Crippen molar-refractivity contribution in [3.63, 3.8) is 0 Å². The summed E-state index contributed by atoms with van der Waals surface area (Å²) in [5.74, 6) is 0.985. The Hall–Kier alpha value is -1.31. The summed E-state index contributed by atoms with van der Waals surface area (Å²) in [4.78, 5) is 22.7. The Morgan fingerprint density at radius 2 is 1.79 bits per heavy atom. The van der Waals surface area contributed by atoms with E-state index in [9.17, 15) is 4.79 Å². The van der Waals surface area contributed by atoms with Crippen molar-refractivity contribution in [2.24, 2.45) is 0 Å². The molecule has 0 aliphatic rings. The van der Waals surface area contributed by atoms with Gasteiger partial charge in [0.15, 0.2) is 5.13 Å². The molecule has 154 valence electrons. The molecule has 0 atom stereocenters. The predicted octanol–water partition coefficient (Wildman–Crippen LogP) is 6.07. The minimum atomic E-state index is 0.105. The SMILES string of the molecule is CN(C)CCN(C(=O)CCCSc1ccc(Cl)cc1)c1nc2ccc(Cl)cc2s1. The average molecular weight is 468 g/mol. The zero-order valence-electron chi connectivity index (χ0n) is 16.4. The Morgan fingerprint density at radius 3 is 2.52 bits per heavy atom. The number of benzene rings is 2. The van der Waals surface area contributed by atoms with Gasteiger partial charge in [0.1, 0.15) is 0 Å². The number of carbonyl (C=O) groups excluding carboxylic acids is 1. The molecule has 0 aliphatic carbocycles. The summed E-state index contributed by atoms with van der Waals surface area (Å²) in [7, 11) is 4.01. The lowest BCUT2D eigenvalue weighted by molar-refractivity contribution is -0.118. The number of hydrogen-bond donors (Lipinski definition) is 0. The molecule has 0 fully saturated rings. The summed E-state index contributed by atoms with van der Waals surface area (Å²) in [5.41, 5.74) is 0.871. The van der Waals surface area contributed by atoms with Crippen molar-refractivity contribution < 1.29 is 4.79 Å². The fourth-order valence-electron chi connectivity index (χ4n) is 2.71. The second kappa shape index (κ2) is 10.6. The number of halogens is 2. The molecule has 0 aliphatic heterocycles. The third-order valence-electron chi connectivity index (χ3n) is 4.26. The number of thiazole rings is 1. The molecule has 0 saturated carbocycles. The quantitative estimate of drug-likeness (QED) is 0.282. The maximum atomic E-state index is 13.0. The van der Waals surface area contributed by atoms with Crippen molar-refractivity contribution in [1.29, 1.82) is 0 Å². The highest BCUT2D eigenvalue weighted by molar-refractivity contribution is 7.99. The van der Waals surface area contributed by atoms with Gasteiger partial charge in [-0.3, -0.25) is 9.69 Å². The summed E-state index contributed by atoms with van der Waals surface area (Å²) >= 11 is 15.3. The van der Waals surface area contributed by atoms with Crippen LogP contribution in [-0.2, 0) is 4.79 Å². The van der Waals surface area contributed by atoms with E-state index in [0.29, 0.717) is 18.0 Å². The van der Waals surface area contributed by atoms with Crippen LogP contribution in [0.1, 0.15) is 12.8 Å². The number of likely N-dealkylation sites (N-methyl/N-ethyl adjacent to an activating group) is 1. The first kappa shape index (κ1) is 22.4. The van der Waals surface area contributed by atoms with Crippen molar-refractivity contribution in [2.45, 2.75) is 17.7 Å². The number of fused-ring (bicyclic) bond motifs is 1. The van der Waals surface area contributed by atoms with Crippen LogP contribution in [0.2, 0.25) is 10.0 Å². The van der Waals surface area contributed by atoms with E-state index < -0.39 is 0 Å². The van der Waals surface area contributed by atoms with E-state index in [1.165, 1.54) is 11.3 Å². The number of nitrogens with zero attached hydrogens (tertiary/aromatic N) is 3. The van der Waals surface area contributed by atoms with Crippen molar-refractivity contribution >= 4 is 67.6 Å². The van der Waals surface area contributed by atoms with Crippen LogP contribution in [0, 0.1) is 0 Å². The van der Waals surface area contributed by atoms with Crippen molar-refractivity contribution in [3.05, 3.63) is 52.5 Å². The lowest BCUT2D eigenvalue weighted by Crippen LogP contribution is -2.36. The number of rotatable bonds is 9. The minimum Gasteiger partial charge on any atom is -0.308 e. The number of thioether (sulfide) groups is 1. The molecular formula is C21H23Cl2N3OS2. The Bertz CT molecular complexity index is 960. The fourth-order valence-corrected chi connectivity index (χ4v) is 4.97. The molecule has 0 unspecified atom stereocenters. The van der Waals surface area contributed by atoms with Gasteiger partial charge in [-0.05, 0) is 68.7 Å². The van der Waals surface area contributed by atoms with Gasteiger partial charge in [0.05, 0.1) is 10.2 Å². The van der Waals surface area contributed by atoms with Gasteiger partial charge in [-0.15, -0.1) is 11.8 Å². The molecule has 0 radical (unpaired) electrons. The average Bonchev–Trinajstić information content (AvgIpc) is 3.09. The van der Waals surface area contributed by atoms with Crippen molar-refractivity contribution in [1.82, 2.24) is 9.88 Å². The van der Waals surface area contributed by atoms with Crippen LogP contribution in [0.4, 0.5) is 5.13 Å². The smallest absolute Gasteiger partial charge is 0.228 e. The van der Waals surface area contributed by atoms with Gasteiger partial charge in [0, 0.05) is 34.5 Å². The van der Waals surface area contributed by atoms with E-state index >= 15 is 0 Å². The van der Waals surface area contributed by atoms with Gasteiger partial charge in [0.25, 0.3) is 0 Å². The second-order valence-electron chi connectivity index (χ2n) is 6.86. The highest BCUT2D eigenvalue weighted by Gasteiger charge is 2.19. The Kier molecular flexibility index (Phi) is 8.21. The third kappa shape index (κ3) is 6.59. The molecule has 29 heavy (non-hydrogen) atoms. The standard InChI is InChI=1S/C21H23Cl2N3OS2/c1-25(2)11-12-26(21-24-18-10-7-16(23)14-19(18)29-21)20(27)4-3-13-28-17-8-5-15(22)6-9-17/h5-10,14H,3-4,11-13H2,1-2H3. The lowest BCUT2D eigenvalue weighted by atomic mass is 10.3. The van der Waals surface area contributed by atoms with Gasteiger partial charge in [0.2, 0.25) is 5.91 Å². The number of carbonyl (C=O) groups is 1. The number of anilines is 1. The van der Waals surface area contributed by atoms with Crippen LogP contribution >= 0.6 is 46.3 Å². The summed E-state index contributed by atoms with van der Waals surface area (Å²) in [5, 5.41) is 2.15. The molecule has 4 nitrogen and oxygen atoms in total. The summed E-state index contributed by atoms with van der Waals surface area (Å²) < 4.78 is 0.994. The third-order valence-corrected chi connectivity index (χ3v) is 6.89. The molecule has 1 amide bonds. The molecule has 0 bridgehead atoms. The molecule has 8 heteroatoms. The summed E-state index contributed by atoms with van der Waals surface area (Å²) in [6.45, 7) is 1.39. The van der Waals surface area contributed by atoms with Crippen LogP contribution in [0.3, 0.4) is 0 Å². The molecule has 3 aromatic rings. The monoisotopic (exact) mass is 467 g/mol. The number of hydrogen-bond acceptors (Lipinski definition) is 5. The van der Waals surface area contributed by atoms with Crippen LogP contribution in [0.25, 0.3) is 10.2 Å². The highest BCUT2D eigenvalue weighted by Crippen LogP contribution is 2.31. The number of amides is 1. The zero-order valence-corrected chi connectivity index (χ0v) is 19.5. The molecule has 0 N–H and O–H groups in total. The van der Waals surface area contributed by atoms with E-state index in [4.69, 9.17) is 23.2 Å². The molecule has 1 heterocycles. The zero-order chi connectivity index (χ0) is 20.8.